The predicted octanol–water partition coefficient (Wildman–Crippen LogP) is 3.37. The van der Waals surface area contributed by atoms with Gasteiger partial charge in [0.05, 0.1) is 17.2 Å². The van der Waals surface area contributed by atoms with Crippen LogP contribution in [0, 0.1) is 0 Å². The van der Waals surface area contributed by atoms with Crippen LogP contribution in [0.15, 0.2) is 21.1 Å². The molecule has 0 heterocycles. The first-order chi connectivity index (χ1) is 6.31. The van der Waals surface area contributed by atoms with Crippen molar-refractivity contribution in [1.82, 2.24) is 0 Å². The van der Waals surface area contributed by atoms with Crippen LogP contribution in [-0.4, -0.2) is 22.4 Å². The molecule has 0 rings (SSSR count). The summed E-state index contributed by atoms with van der Waals surface area (Å²) in [6.45, 7) is 3.12. The minimum atomic E-state index is -0.640. The maximum atomic E-state index is 8.54. The Hall–Kier alpha value is 0.560. The SMILES string of the molecule is CC(O)/C(Cl)=C/Cl.CC(O)C=C(Cl)Cl. The van der Waals surface area contributed by atoms with Crippen LogP contribution in [0.4, 0.5) is 0 Å². The van der Waals surface area contributed by atoms with Gasteiger partial charge in [0.1, 0.15) is 4.49 Å². The highest BCUT2D eigenvalue weighted by Crippen LogP contribution is 2.07. The molecular weight excluding hydrogens is 270 g/mol. The van der Waals surface area contributed by atoms with E-state index < -0.39 is 12.2 Å². The van der Waals surface area contributed by atoms with Gasteiger partial charge >= 0.3 is 0 Å². The number of halogens is 4. The summed E-state index contributed by atoms with van der Waals surface area (Å²) in [4.78, 5) is 0. The van der Waals surface area contributed by atoms with Crippen LogP contribution < -0.4 is 0 Å². The maximum absolute atomic E-state index is 8.54. The molecule has 0 saturated heterocycles. The van der Waals surface area contributed by atoms with Gasteiger partial charge in [-0.2, -0.15) is 0 Å². The summed E-state index contributed by atoms with van der Waals surface area (Å²) in [5.74, 6) is 0. The second-order valence-corrected chi connectivity index (χ2v) is 4.03. The number of hydrogen-bond acceptors (Lipinski definition) is 2. The van der Waals surface area contributed by atoms with E-state index in [0.29, 0.717) is 0 Å². The van der Waals surface area contributed by atoms with E-state index in [4.69, 9.17) is 56.6 Å². The quantitative estimate of drug-likeness (QED) is 0.815. The average molecular weight is 282 g/mol. The molecule has 2 atom stereocenters. The molecule has 0 aromatic heterocycles. The summed E-state index contributed by atoms with van der Waals surface area (Å²) in [5, 5.41) is 17.3. The third kappa shape index (κ3) is 15.1. The standard InChI is InChI=1S/2C4H6Cl2O/c1-3(7)4(6)2-5;1-3(7)2-4(5)6/h2*2-3,7H,1H3/b4-2-;. The summed E-state index contributed by atoms with van der Waals surface area (Å²) in [6, 6.07) is 0. The molecule has 0 spiro atoms. The van der Waals surface area contributed by atoms with Crippen molar-refractivity contribution in [3.8, 4) is 0 Å². The van der Waals surface area contributed by atoms with Gasteiger partial charge in [0, 0.05) is 5.54 Å². The van der Waals surface area contributed by atoms with E-state index in [1.165, 1.54) is 6.08 Å². The fourth-order valence-corrected chi connectivity index (χ4v) is 0.820. The number of aliphatic hydroxyl groups is 2. The van der Waals surface area contributed by atoms with Crippen LogP contribution in [0.1, 0.15) is 13.8 Å². The number of hydrogen-bond donors (Lipinski definition) is 2. The van der Waals surface area contributed by atoms with Gasteiger partial charge in [-0.3, -0.25) is 0 Å². The molecule has 2 unspecified atom stereocenters. The summed E-state index contributed by atoms with van der Waals surface area (Å²) in [7, 11) is 0. The van der Waals surface area contributed by atoms with Crippen molar-refractivity contribution >= 4 is 46.4 Å². The predicted molar refractivity (Wildman–Crippen MR) is 62.9 cm³/mol. The largest absolute Gasteiger partial charge is 0.389 e. The molecule has 0 radical (unpaired) electrons. The Labute approximate surface area is 104 Å². The molecule has 0 aromatic carbocycles. The second kappa shape index (κ2) is 10.1. The Morgan fingerprint density at radius 1 is 1.14 bits per heavy atom. The summed E-state index contributed by atoms with van der Waals surface area (Å²) in [6.07, 6.45) is 0.146. The van der Waals surface area contributed by atoms with Gasteiger partial charge in [-0.15, -0.1) is 0 Å². The first-order valence-electron chi connectivity index (χ1n) is 3.66. The Balaban J connectivity index is 0. The zero-order chi connectivity index (χ0) is 11.7. The van der Waals surface area contributed by atoms with E-state index >= 15 is 0 Å². The highest BCUT2D eigenvalue weighted by molar-refractivity contribution is 6.55. The van der Waals surface area contributed by atoms with E-state index in [1.54, 1.807) is 13.8 Å². The Bertz CT molecular complexity index is 196. The second-order valence-electron chi connectivity index (χ2n) is 2.37. The molecule has 0 aromatic rings. The Morgan fingerprint density at radius 2 is 1.57 bits per heavy atom. The third-order valence-electron chi connectivity index (χ3n) is 0.871. The summed E-state index contributed by atoms with van der Waals surface area (Å²) < 4.78 is 0.106. The Morgan fingerprint density at radius 3 is 1.57 bits per heavy atom. The first-order valence-corrected chi connectivity index (χ1v) is 5.23. The lowest BCUT2D eigenvalue weighted by Crippen LogP contribution is -1.96. The molecule has 0 fully saturated rings. The summed E-state index contributed by atoms with van der Waals surface area (Å²) in [5.41, 5.74) is 1.15. The summed E-state index contributed by atoms with van der Waals surface area (Å²) >= 11 is 20.7. The van der Waals surface area contributed by atoms with Gasteiger partial charge in [-0.05, 0) is 19.9 Å². The van der Waals surface area contributed by atoms with Crippen molar-refractivity contribution in [2.45, 2.75) is 26.1 Å². The van der Waals surface area contributed by atoms with E-state index in [2.05, 4.69) is 0 Å². The third-order valence-corrected chi connectivity index (χ3v) is 1.89. The minimum Gasteiger partial charge on any atom is -0.389 e. The average Bonchev–Trinajstić information content (AvgIpc) is 2.01. The van der Waals surface area contributed by atoms with Crippen molar-refractivity contribution in [3.63, 3.8) is 0 Å². The molecule has 0 amide bonds. The molecule has 84 valence electrons. The lowest BCUT2D eigenvalue weighted by atomic mass is 10.4. The van der Waals surface area contributed by atoms with Crippen LogP contribution in [0.2, 0.25) is 0 Å². The molecule has 2 N–H and O–H groups in total. The van der Waals surface area contributed by atoms with E-state index in [0.717, 1.165) is 5.54 Å². The van der Waals surface area contributed by atoms with E-state index in [-0.39, 0.29) is 9.52 Å². The van der Waals surface area contributed by atoms with Gasteiger partial charge in [0.25, 0.3) is 0 Å². The molecule has 14 heavy (non-hydrogen) atoms. The zero-order valence-corrected chi connectivity index (χ0v) is 10.7. The van der Waals surface area contributed by atoms with Gasteiger partial charge in [0.2, 0.25) is 0 Å². The fraction of sp³-hybridized carbons (Fsp3) is 0.500. The monoisotopic (exact) mass is 280 g/mol. The molecule has 0 aliphatic heterocycles. The van der Waals surface area contributed by atoms with Crippen molar-refractivity contribution in [3.05, 3.63) is 21.1 Å². The lowest BCUT2D eigenvalue weighted by molar-refractivity contribution is 0.239. The zero-order valence-electron chi connectivity index (χ0n) is 7.72. The van der Waals surface area contributed by atoms with Crippen molar-refractivity contribution in [1.29, 1.82) is 0 Å². The molecule has 0 bridgehead atoms. The van der Waals surface area contributed by atoms with Crippen LogP contribution >= 0.6 is 46.4 Å². The van der Waals surface area contributed by atoms with Crippen molar-refractivity contribution < 1.29 is 10.2 Å². The van der Waals surface area contributed by atoms with Gasteiger partial charge in [-0.1, -0.05) is 46.4 Å². The maximum Gasteiger partial charge on any atom is 0.105 e. The molecule has 0 saturated carbocycles. The van der Waals surface area contributed by atoms with E-state index in [9.17, 15) is 0 Å². The Kier molecular flexibility index (Phi) is 12.2. The molecular formula is C8H12Cl4O2. The molecule has 0 aliphatic carbocycles. The topological polar surface area (TPSA) is 40.5 Å². The van der Waals surface area contributed by atoms with Gasteiger partial charge < -0.3 is 10.2 Å². The van der Waals surface area contributed by atoms with Gasteiger partial charge in [-0.25, -0.2) is 0 Å². The van der Waals surface area contributed by atoms with E-state index in [1.807, 2.05) is 0 Å². The van der Waals surface area contributed by atoms with Crippen LogP contribution in [-0.2, 0) is 0 Å². The van der Waals surface area contributed by atoms with Crippen LogP contribution in [0.5, 0.6) is 0 Å². The lowest BCUT2D eigenvalue weighted by Gasteiger charge is -1.95. The number of aliphatic hydroxyl groups excluding tert-OH is 2. The molecule has 0 aliphatic rings. The van der Waals surface area contributed by atoms with Gasteiger partial charge in [0.15, 0.2) is 0 Å². The van der Waals surface area contributed by atoms with Crippen molar-refractivity contribution in [2.24, 2.45) is 0 Å². The van der Waals surface area contributed by atoms with Crippen LogP contribution in [0.25, 0.3) is 0 Å². The highest BCUT2D eigenvalue weighted by atomic mass is 35.5. The molecule has 2 nitrogen and oxygen atoms in total. The van der Waals surface area contributed by atoms with Crippen LogP contribution in [0.3, 0.4) is 0 Å². The first kappa shape index (κ1) is 17.0. The highest BCUT2D eigenvalue weighted by Gasteiger charge is 1.96. The number of rotatable bonds is 2. The van der Waals surface area contributed by atoms with Crippen molar-refractivity contribution in [2.75, 3.05) is 0 Å². The fourth-order valence-electron chi connectivity index (χ4n) is 0.273. The smallest absolute Gasteiger partial charge is 0.105 e. The normalized spacial score (nSPS) is 15.0. The minimum absolute atomic E-state index is 0.106. The molecule has 6 heteroatoms.